The lowest BCUT2D eigenvalue weighted by Gasteiger charge is -2.06. The van der Waals surface area contributed by atoms with Gasteiger partial charge in [0.2, 0.25) is 11.9 Å². The van der Waals surface area contributed by atoms with Gasteiger partial charge in [-0.25, -0.2) is 0 Å². The monoisotopic (exact) mass is 247 g/mol. The minimum Gasteiger partial charge on any atom is -0.368 e. The van der Waals surface area contributed by atoms with Gasteiger partial charge in [-0.15, -0.1) is 0 Å². The second-order valence-corrected chi connectivity index (χ2v) is 4.22. The lowest BCUT2D eigenvalue weighted by Crippen LogP contribution is -2.06. The molecule has 88 valence electrons. The number of rotatable bonds is 4. The number of thioether (sulfide) groups is 1. The predicted octanol–water partition coefficient (Wildman–Crippen LogP) is 2.06. The molecule has 5 nitrogen and oxygen atoms in total. The van der Waals surface area contributed by atoms with Gasteiger partial charge in [0, 0.05) is 5.69 Å². The molecule has 0 aliphatic carbocycles. The molecule has 2 aromatic rings. The molecule has 0 amide bonds. The Kier molecular flexibility index (Phi) is 3.77. The van der Waals surface area contributed by atoms with Crippen molar-refractivity contribution in [1.29, 1.82) is 0 Å². The normalized spacial score (nSPS) is 10.2. The second kappa shape index (κ2) is 5.49. The van der Waals surface area contributed by atoms with Crippen LogP contribution in [0.4, 0.5) is 17.6 Å². The van der Waals surface area contributed by atoms with Crippen molar-refractivity contribution in [1.82, 2.24) is 15.0 Å². The first-order valence-corrected chi connectivity index (χ1v) is 6.49. The van der Waals surface area contributed by atoms with Crippen LogP contribution in [0.1, 0.15) is 5.82 Å². The molecule has 0 saturated carbocycles. The first kappa shape index (κ1) is 11.7. The third kappa shape index (κ3) is 3.32. The molecule has 0 radical (unpaired) electrons. The van der Waals surface area contributed by atoms with E-state index in [2.05, 4.69) is 20.3 Å². The number of aromatic nitrogens is 3. The Morgan fingerprint density at radius 3 is 2.65 bits per heavy atom. The van der Waals surface area contributed by atoms with Crippen LogP contribution in [0, 0.1) is 0 Å². The summed E-state index contributed by atoms with van der Waals surface area (Å²) in [6.45, 7) is 0. The molecule has 0 bridgehead atoms. The van der Waals surface area contributed by atoms with E-state index < -0.39 is 0 Å². The molecule has 2 rings (SSSR count). The van der Waals surface area contributed by atoms with Crippen molar-refractivity contribution < 1.29 is 0 Å². The van der Waals surface area contributed by atoms with Crippen molar-refractivity contribution in [2.75, 3.05) is 17.3 Å². The first-order valence-electron chi connectivity index (χ1n) is 5.09. The molecule has 0 aliphatic heterocycles. The summed E-state index contributed by atoms with van der Waals surface area (Å²) in [6, 6.07) is 9.71. The average Bonchev–Trinajstić information content (AvgIpc) is 2.30. The molecular weight excluding hydrogens is 234 g/mol. The largest absolute Gasteiger partial charge is 0.368 e. The molecule has 1 aromatic carbocycles. The van der Waals surface area contributed by atoms with Crippen LogP contribution in [0.25, 0.3) is 0 Å². The number of benzene rings is 1. The molecule has 0 unspecified atom stereocenters. The summed E-state index contributed by atoms with van der Waals surface area (Å²) in [5.74, 6) is 2.12. The minimum atomic E-state index is 0.238. The van der Waals surface area contributed by atoms with E-state index in [1.807, 2.05) is 36.6 Å². The zero-order valence-electron chi connectivity index (χ0n) is 9.42. The minimum absolute atomic E-state index is 0.238. The van der Waals surface area contributed by atoms with Gasteiger partial charge in [0.05, 0.1) is 5.75 Å². The Labute approximate surface area is 104 Å². The molecular formula is C11H13N5S. The molecule has 6 heteroatoms. The Balaban J connectivity index is 2.21. The lowest BCUT2D eigenvalue weighted by molar-refractivity contribution is 0.983. The standard InChI is InChI=1S/C11H13N5S/c1-17-7-9-14-10(12)16-11(15-9)13-8-5-3-2-4-6-8/h2-6H,7H2,1H3,(H3,12,13,14,15,16). The maximum Gasteiger partial charge on any atom is 0.232 e. The highest BCUT2D eigenvalue weighted by Gasteiger charge is 2.03. The molecule has 0 fully saturated rings. The SMILES string of the molecule is CSCc1nc(N)nc(Nc2ccccc2)n1. The van der Waals surface area contributed by atoms with Gasteiger partial charge in [0.1, 0.15) is 5.82 Å². The van der Waals surface area contributed by atoms with E-state index in [-0.39, 0.29) is 5.95 Å². The molecule has 17 heavy (non-hydrogen) atoms. The number of nitrogen functional groups attached to an aromatic ring is 1. The smallest absolute Gasteiger partial charge is 0.232 e. The molecule has 0 atom stereocenters. The van der Waals surface area contributed by atoms with Crippen molar-refractivity contribution in [3.8, 4) is 0 Å². The average molecular weight is 247 g/mol. The highest BCUT2D eigenvalue weighted by molar-refractivity contribution is 7.97. The summed E-state index contributed by atoms with van der Waals surface area (Å²) in [7, 11) is 0. The number of nitrogens with two attached hydrogens (primary N) is 1. The van der Waals surface area contributed by atoms with E-state index in [0.29, 0.717) is 11.8 Å². The van der Waals surface area contributed by atoms with Crippen LogP contribution >= 0.6 is 11.8 Å². The van der Waals surface area contributed by atoms with E-state index >= 15 is 0 Å². The quantitative estimate of drug-likeness (QED) is 0.861. The number of nitrogens with one attached hydrogen (secondary N) is 1. The molecule has 0 aliphatic rings. The Morgan fingerprint density at radius 1 is 1.18 bits per heavy atom. The van der Waals surface area contributed by atoms with Crippen LogP contribution in [-0.4, -0.2) is 21.2 Å². The summed E-state index contributed by atoms with van der Waals surface area (Å²) in [6.07, 6.45) is 1.99. The van der Waals surface area contributed by atoms with E-state index in [9.17, 15) is 0 Å². The third-order valence-electron chi connectivity index (χ3n) is 2.00. The van der Waals surface area contributed by atoms with E-state index in [0.717, 1.165) is 11.4 Å². The fourth-order valence-electron chi connectivity index (χ4n) is 1.34. The van der Waals surface area contributed by atoms with Gasteiger partial charge < -0.3 is 11.1 Å². The Hall–Kier alpha value is -1.82. The van der Waals surface area contributed by atoms with Gasteiger partial charge in [0.15, 0.2) is 0 Å². The fourth-order valence-corrected chi connectivity index (χ4v) is 1.73. The van der Waals surface area contributed by atoms with E-state index in [1.54, 1.807) is 11.8 Å². The van der Waals surface area contributed by atoms with Crippen molar-refractivity contribution in [2.24, 2.45) is 0 Å². The van der Waals surface area contributed by atoms with Gasteiger partial charge in [-0.05, 0) is 18.4 Å². The van der Waals surface area contributed by atoms with E-state index in [4.69, 9.17) is 5.73 Å². The summed E-state index contributed by atoms with van der Waals surface area (Å²) >= 11 is 1.64. The molecule has 1 heterocycles. The van der Waals surface area contributed by atoms with Gasteiger partial charge in [-0.3, -0.25) is 0 Å². The van der Waals surface area contributed by atoms with Crippen LogP contribution in [0.15, 0.2) is 30.3 Å². The van der Waals surface area contributed by atoms with Crippen molar-refractivity contribution in [2.45, 2.75) is 5.75 Å². The van der Waals surface area contributed by atoms with Crippen molar-refractivity contribution in [3.05, 3.63) is 36.2 Å². The predicted molar refractivity (Wildman–Crippen MR) is 71.2 cm³/mol. The molecule has 0 saturated heterocycles. The maximum absolute atomic E-state index is 5.63. The summed E-state index contributed by atoms with van der Waals surface area (Å²) in [5.41, 5.74) is 6.56. The topological polar surface area (TPSA) is 76.7 Å². The molecule has 3 N–H and O–H groups in total. The highest BCUT2D eigenvalue weighted by Crippen LogP contribution is 2.14. The van der Waals surface area contributed by atoms with Crippen LogP contribution in [0.2, 0.25) is 0 Å². The Morgan fingerprint density at radius 2 is 1.94 bits per heavy atom. The van der Waals surface area contributed by atoms with Gasteiger partial charge in [-0.2, -0.15) is 26.7 Å². The number of para-hydroxylation sites is 1. The van der Waals surface area contributed by atoms with Crippen molar-refractivity contribution in [3.63, 3.8) is 0 Å². The number of hydrogen-bond acceptors (Lipinski definition) is 6. The number of nitrogens with zero attached hydrogens (tertiary/aromatic N) is 3. The number of hydrogen-bond donors (Lipinski definition) is 2. The zero-order valence-corrected chi connectivity index (χ0v) is 10.2. The zero-order chi connectivity index (χ0) is 12.1. The van der Waals surface area contributed by atoms with Gasteiger partial charge >= 0.3 is 0 Å². The highest BCUT2D eigenvalue weighted by atomic mass is 32.2. The third-order valence-corrected chi connectivity index (χ3v) is 2.55. The van der Waals surface area contributed by atoms with Crippen LogP contribution in [0.5, 0.6) is 0 Å². The van der Waals surface area contributed by atoms with Crippen molar-refractivity contribution >= 4 is 29.3 Å². The lowest BCUT2D eigenvalue weighted by atomic mass is 10.3. The summed E-state index contributed by atoms with van der Waals surface area (Å²) in [5, 5.41) is 3.09. The maximum atomic E-state index is 5.63. The molecule has 0 spiro atoms. The van der Waals surface area contributed by atoms with E-state index in [1.165, 1.54) is 0 Å². The van der Waals surface area contributed by atoms with Gasteiger partial charge in [0.25, 0.3) is 0 Å². The first-order chi connectivity index (χ1) is 8.28. The van der Waals surface area contributed by atoms with Gasteiger partial charge in [-0.1, -0.05) is 18.2 Å². The summed E-state index contributed by atoms with van der Waals surface area (Å²) in [4.78, 5) is 12.4. The van der Waals surface area contributed by atoms with Crippen LogP contribution in [0.3, 0.4) is 0 Å². The molecule has 1 aromatic heterocycles. The second-order valence-electron chi connectivity index (χ2n) is 3.36. The van der Waals surface area contributed by atoms with Crippen LogP contribution in [-0.2, 0) is 5.75 Å². The Bertz CT molecular complexity index is 488. The fraction of sp³-hybridized carbons (Fsp3) is 0.182. The van der Waals surface area contributed by atoms with Crippen LogP contribution < -0.4 is 11.1 Å². The number of anilines is 3. The summed E-state index contributed by atoms with van der Waals surface area (Å²) < 4.78 is 0.